The van der Waals surface area contributed by atoms with Gasteiger partial charge in [0.25, 0.3) is 0 Å². The van der Waals surface area contributed by atoms with Crippen LogP contribution in [-0.2, 0) is 6.54 Å². The van der Waals surface area contributed by atoms with Gasteiger partial charge in [-0.15, -0.1) is 13.2 Å². The number of hydrogen-bond donors (Lipinski definition) is 0. The van der Waals surface area contributed by atoms with Crippen LogP contribution in [0.3, 0.4) is 0 Å². The minimum atomic E-state index is 0.549. The standard InChI is InChI=1S/C17H25N/c1-5-12-18(13-16(4)15(3)6-2)14-17-10-8-7-9-11-17/h5-11,15-16H,1-2,12-14H2,3-4H3/t15-,16+/m0/s1. The van der Waals surface area contributed by atoms with Gasteiger partial charge in [0.1, 0.15) is 0 Å². The molecule has 1 rings (SSSR count). The molecule has 1 aromatic carbocycles. The van der Waals surface area contributed by atoms with E-state index in [0.29, 0.717) is 11.8 Å². The molecule has 0 unspecified atom stereocenters. The molecule has 0 N–H and O–H groups in total. The van der Waals surface area contributed by atoms with Crippen molar-refractivity contribution in [1.82, 2.24) is 4.90 Å². The van der Waals surface area contributed by atoms with Crippen LogP contribution in [0.25, 0.3) is 0 Å². The molecule has 0 fully saturated rings. The number of benzene rings is 1. The first kappa shape index (κ1) is 14.7. The molecule has 98 valence electrons. The van der Waals surface area contributed by atoms with Crippen LogP contribution in [0.2, 0.25) is 0 Å². The molecule has 0 aliphatic carbocycles. The van der Waals surface area contributed by atoms with Crippen molar-refractivity contribution in [2.75, 3.05) is 13.1 Å². The predicted octanol–water partition coefficient (Wildman–Crippen LogP) is 4.13. The molecular formula is C17H25N. The molecule has 0 aliphatic rings. The van der Waals surface area contributed by atoms with E-state index in [4.69, 9.17) is 0 Å². The van der Waals surface area contributed by atoms with Gasteiger partial charge < -0.3 is 0 Å². The average molecular weight is 243 g/mol. The Labute approximate surface area is 112 Å². The monoisotopic (exact) mass is 243 g/mol. The molecule has 0 aromatic heterocycles. The van der Waals surface area contributed by atoms with Gasteiger partial charge in [0.2, 0.25) is 0 Å². The molecule has 0 heterocycles. The van der Waals surface area contributed by atoms with Crippen molar-refractivity contribution in [3.8, 4) is 0 Å². The molecule has 0 amide bonds. The van der Waals surface area contributed by atoms with E-state index < -0.39 is 0 Å². The highest BCUT2D eigenvalue weighted by atomic mass is 15.1. The smallest absolute Gasteiger partial charge is 0.0237 e. The first-order chi connectivity index (χ1) is 8.67. The van der Waals surface area contributed by atoms with Gasteiger partial charge in [-0.3, -0.25) is 4.90 Å². The maximum atomic E-state index is 3.88. The highest BCUT2D eigenvalue weighted by Gasteiger charge is 2.13. The summed E-state index contributed by atoms with van der Waals surface area (Å²) in [5.41, 5.74) is 1.36. The average Bonchev–Trinajstić information content (AvgIpc) is 2.39. The van der Waals surface area contributed by atoms with E-state index >= 15 is 0 Å². The van der Waals surface area contributed by atoms with Crippen LogP contribution >= 0.6 is 0 Å². The van der Waals surface area contributed by atoms with Gasteiger partial charge >= 0.3 is 0 Å². The van der Waals surface area contributed by atoms with Crippen molar-refractivity contribution < 1.29 is 0 Å². The normalized spacial score (nSPS) is 14.2. The summed E-state index contributed by atoms with van der Waals surface area (Å²) in [5, 5.41) is 0. The number of allylic oxidation sites excluding steroid dienone is 1. The molecule has 0 aliphatic heterocycles. The molecule has 0 spiro atoms. The van der Waals surface area contributed by atoms with Crippen LogP contribution in [0, 0.1) is 11.8 Å². The fraction of sp³-hybridized carbons (Fsp3) is 0.412. The van der Waals surface area contributed by atoms with E-state index in [1.807, 2.05) is 12.2 Å². The van der Waals surface area contributed by atoms with E-state index in [1.165, 1.54) is 5.56 Å². The Kier molecular flexibility index (Phi) is 6.45. The fourth-order valence-electron chi connectivity index (χ4n) is 2.03. The molecule has 0 bridgehead atoms. The number of hydrogen-bond acceptors (Lipinski definition) is 1. The lowest BCUT2D eigenvalue weighted by Crippen LogP contribution is -2.30. The summed E-state index contributed by atoms with van der Waals surface area (Å²) >= 11 is 0. The van der Waals surface area contributed by atoms with Gasteiger partial charge in [0.05, 0.1) is 0 Å². The Hall–Kier alpha value is -1.34. The van der Waals surface area contributed by atoms with Crippen molar-refractivity contribution in [2.24, 2.45) is 11.8 Å². The zero-order chi connectivity index (χ0) is 13.4. The van der Waals surface area contributed by atoms with E-state index in [1.54, 1.807) is 0 Å². The first-order valence-electron chi connectivity index (χ1n) is 6.67. The summed E-state index contributed by atoms with van der Waals surface area (Å²) in [6.07, 6.45) is 4.02. The Morgan fingerprint density at radius 2 is 1.83 bits per heavy atom. The second kappa shape index (κ2) is 7.88. The minimum Gasteiger partial charge on any atom is -0.295 e. The van der Waals surface area contributed by atoms with Gasteiger partial charge in [0, 0.05) is 19.6 Å². The highest BCUT2D eigenvalue weighted by Crippen LogP contribution is 2.15. The van der Waals surface area contributed by atoms with Gasteiger partial charge in [-0.1, -0.05) is 56.3 Å². The van der Waals surface area contributed by atoms with Crippen molar-refractivity contribution in [1.29, 1.82) is 0 Å². The Balaban J connectivity index is 2.59. The summed E-state index contributed by atoms with van der Waals surface area (Å²) < 4.78 is 0. The van der Waals surface area contributed by atoms with Crippen LogP contribution in [0.4, 0.5) is 0 Å². The Morgan fingerprint density at radius 3 is 2.39 bits per heavy atom. The van der Waals surface area contributed by atoms with Crippen molar-refractivity contribution >= 4 is 0 Å². The maximum absolute atomic E-state index is 3.88. The van der Waals surface area contributed by atoms with Crippen LogP contribution in [-0.4, -0.2) is 18.0 Å². The molecule has 0 saturated carbocycles. The van der Waals surface area contributed by atoms with Crippen LogP contribution in [0.5, 0.6) is 0 Å². The summed E-state index contributed by atoms with van der Waals surface area (Å²) in [6, 6.07) is 10.6. The van der Waals surface area contributed by atoms with Gasteiger partial charge in [-0.05, 0) is 17.4 Å². The molecule has 0 saturated heterocycles. The summed E-state index contributed by atoms with van der Waals surface area (Å²) in [6.45, 7) is 15.2. The molecular weight excluding hydrogens is 218 g/mol. The SMILES string of the molecule is C=CCN(Cc1ccccc1)C[C@@H](C)[C@@H](C)C=C. The Morgan fingerprint density at radius 1 is 1.17 bits per heavy atom. The Bertz CT molecular complexity index is 355. The van der Waals surface area contributed by atoms with Crippen molar-refractivity contribution in [3.63, 3.8) is 0 Å². The third-order valence-electron chi connectivity index (χ3n) is 3.45. The topological polar surface area (TPSA) is 3.24 Å². The third kappa shape index (κ3) is 4.89. The molecule has 1 aromatic rings. The van der Waals surface area contributed by atoms with E-state index in [0.717, 1.165) is 19.6 Å². The third-order valence-corrected chi connectivity index (χ3v) is 3.45. The molecule has 2 atom stereocenters. The zero-order valence-electron chi connectivity index (χ0n) is 11.7. The lowest BCUT2D eigenvalue weighted by molar-refractivity contribution is 0.231. The second-order valence-corrected chi connectivity index (χ2v) is 5.04. The summed E-state index contributed by atoms with van der Waals surface area (Å²) in [5.74, 6) is 1.17. The number of rotatable bonds is 8. The largest absolute Gasteiger partial charge is 0.295 e. The zero-order valence-corrected chi connectivity index (χ0v) is 11.7. The fourth-order valence-corrected chi connectivity index (χ4v) is 2.03. The second-order valence-electron chi connectivity index (χ2n) is 5.04. The quantitative estimate of drug-likeness (QED) is 0.620. The summed E-state index contributed by atoms with van der Waals surface area (Å²) in [7, 11) is 0. The van der Waals surface area contributed by atoms with Gasteiger partial charge in [-0.25, -0.2) is 0 Å². The lowest BCUT2D eigenvalue weighted by atomic mass is 9.95. The molecule has 0 radical (unpaired) electrons. The van der Waals surface area contributed by atoms with Gasteiger partial charge in [-0.2, -0.15) is 0 Å². The molecule has 1 heteroatoms. The summed E-state index contributed by atoms with van der Waals surface area (Å²) in [4.78, 5) is 2.44. The predicted molar refractivity (Wildman–Crippen MR) is 80.4 cm³/mol. The van der Waals surface area contributed by atoms with Gasteiger partial charge in [0.15, 0.2) is 0 Å². The molecule has 18 heavy (non-hydrogen) atoms. The van der Waals surface area contributed by atoms with Crippen molar-refractivity contribution in [2.45, 2.75) is 20.4 Å². The maximum Gasteiger partial charge on any atom is 0.0237 e. The van der Waals surface area contributed by atoms with Crippen LogP contribution in [0.15, 0.2) is 55.6 Å². The highest BCUT2D eigenvalue weighted by molar-refractivity contribution is 5.14. The van der Waals surface area contributed by atoms with Crippen molar-refractivity contribution in [3.05, 3.63) is 61.2 Å². The van der Waals surface area contributed by atoms with E-state index in [-0.39, 0.29) is 0 Å². The number of nitrogens with zero attached hydrogens (tertiary/aromatic N) is 1. The molecule has 1 nitrogen and oxygen atoms in total. The van der Waals surface area contributed by atoms with E-state index in [9.17, 15) is 0 Å². The van der Waals surface area contributed by atoms with E-state index in [2.05, 4.69) is 62.2 Å². The van der Waals surface area contributed by atoms with Crippen LogP contribution < -0.4 is 0 Å². The lowest BCUT2D eigenvalue weighted by Gasteiger charge is -2.26. The first-order valence-corrected chi connectivity index (χ1v) is 6.67. The van der Waals surface area contributed by atoms with Crippen LogP contribution in [0.1, 0.15) is 19.4 Å². The minimum absolute atomic E-state index is 0.549.